The molecule has 1 aromatic heterocycles. The molecule has 0 bridgehead atoms. The molecular formula is C21H15ClF3NO6S. The van der Waals surface area contributed by atoms with Crippen molar-refractivity contribution in [2.45, 2.75) is 18.5 Å². The number of carboxylic acid groups (broad SMARTS) is 1. The zero-order chi connectivity index (χ0) is 24.4. The second-order valence-corrected chi connectivity index (χ2v) is 8.59. The summed E-state index contributed by atoms with van der Waals surface area (Å²) in [5.41, 5.74) is -5.88. The molecule has 0 amide bonds. The van der Waals surface area contributed by atoms with Crippen LogP contribution in [-0.2, 0) is 10.1 Å². The Bertz CT molecular complexity index is 1280. The summed E-state index contributed by atoms with van der Waals surface area (Å²) in [7, 11) is -6.03. The van der Waals surface area contributed by atoms with E-state index in [0.717, 1.165) is 17.7 Å². The Labute approximate surface area is 191 Å². The summed E-state index contributed by atoms with van der Waals surface area (Å²) >= 11 is 6.19. The van der Waals surface area contributed by atoms with Crippen molar-refractivity contribution in [3.63, 3.8) is 0 Å². The topological polar surface area (TPSA) is 103 Å². The van der Waals surface area contributed by atoms with Crippen LogP contribution in [0.4, 0.5) is 13.2 Å². The van der Waals surface area contributed by atoms with E-state index in [1.807, 2.05) is 18.2 Å². The van der Waals surface area contributed by atoms with Gasteiger partial charge < -0.3 is 14.0 Å². The molecule has 3 rings (SSSR count). The molecule has 2 aromatic carbocycles. The van der Waals surface area contributed by atoms with E-state index < -0.39 is 44.8 Å². The van der Waals surface area contributed by atoms with Crippen molar-refractivity contribution in [2.75, 3.05) is 0 Å². The predicted molar refractivity (Wildman–Crippen MR) is 113 cm³/mol. The number of ether oxygens (including phenoxy) is 1. The number of rotatable bonds is 7. The summed E-state index contributed by atoms with van der Waals surface area (Å²) in [6.45, 7) is 1.74. The number of carbonyl (C=O) groups is 1. The van der Waals surface area contributed by atoms with Crippen molar-refractivity contribution in [1.82, 2.24) is 4.98 Å². The number of halogens is 4. The number of hydrogen-bond acceptors (Lipinski definition) is 6. The first-order valence-corrected chi connectivity index (χ1v) is 10.9. The lowest BCUT2D eigenvalue weighted by Crippen LogP contribution is -2.28. The number of hydrogen-bond donors (Lipinski definition) is 1. The summed E-state index contributed by atoms with van der Waals surface area (Å²) in [5, 5.41) is 9.36. The normalized spacial score (nSPS) is 12.8. The number of aromatic carboxylic acids is 1. The number of nitrogens with zero attached hydrogens (tertiary/aromatic N) is 1. The summed E-state index contributed by atoms with van der Waals surface area (Å²) in [4.78, 5) is 15.1. The third kappa shape index (κ3) is 5.55. The molecule has 1 unspecified atom stereocenters. The van der Waals surface area contributed by atoms with Gasteiger partial charge in [0.05, 0.1) is 5.02 Å². The molecule has 0 saturated heterocycles. The molecule has 0 aliphatic rings. The van der Waals surface area contributed by atoms with Crippen molar-refractivity contribution in [3.05, 3.63) is 76.9 Å². The Morgan fingerprint density at radius 1 is 1.06 bits per heavy atom. The molecule has 0 saturated carbocycles. The van der Waals surface area contributed by atoms with Gasteiger partial charge in [-0.15, -0.1) is 0 Å². The van der Waals surface area contributed by atoms with Gasteiger partial charge in [0.2, 0.25) is 0 Å². The van der Waals surface area contributed by atoms with Gasteiger partial charge in [-0.3, -0.25) is 0 Å². The highest BCUT2D eigenvalue weighted by atomic mass is 35.5. The summed E-state index contributed by atoms with van der Waals surface area (Å²) in [6, 6.07) is 14.6. The Kier molecular flexibility index (Phi) is 6.84. The van der Waals surface area contributed by atoms with Crippen molar-refractivity contribution in [1.29, 1.82) is 0 Å². The smallest absolute Gasteiger partial charge is 0.484 e. The van der Waals surface area contributed by atoms with Gasteiger partial charge >= 0.3 is 21.6 Å². The second-order valence-electron chi connectivity index (χ2n) is 6.65. The van der Waals surface area contributed by atoms with Crippen molar-refractivity contribution in [3.8, 4) is 22.8 Å². The fraction of sp³-hybridized carbons (Fsp3) is 0.143. The van der Waals surface area contributed by atoms with E-state index >= 15 is 0 Å². The summed E-state index contributed by atoms with van der Waals surface area (Å²) in [5.74, 6) is -2.19. The van der Waals surface area contributed by atoms with Crippen molar-refractivity contribution < 1.29 is 40.4 Å². The average Bonchev–Trinajstić information content (AvgIpc) is 2.75. The van der Waals surface area contributed by atoms with Crippen LogP contribution in [0, 0.1) is 0 Å². The standard InChI is InChI=1S/C21H15ClF3NO6S/c1-12(13-5-3-2-4-6-13)31-18-11-14(7-8-15(18)22)19-17(10-9-16(26-19)20(27)28)32-33(29,30)21(23,24)25/h2-12H,1H3,(H,27,28). The lowest BCUT2D eigenvalue weighted by atomic mass is 10.1. The molecule has 174 valence electrons. The molecule has 1 atom stereocenters. The third-order valence-corrected chi connectivity index (χ3v) is 5.62. The van der Waals surface area contributed by atoms with Gasteiger partial charge in [-0.2, -0.15) is 21.6 Å². The van der Waals surface area contributed by atoms with Crippen LogP contribution in [0.2, 0.25) is 5.02 Å². The summed E-state index contributed by atoms with van der Waals surface area (Å²) < 4.78 is 71.5. The van der Waals surface area contributed by atoms with Crippen LogP contribution in [0.25, 0.3) is 11.3 Å². The molecular weight excluding hydrogens is 487 g/mol. The van der Waals surface area contributed by atoms with Crippen LogP contribution in [0.15, 0.2) is 60.7 Å². The zero-order valence-electron chi connectivity index (χ0n) is 16.7. The molecule has 0 radical (unpaired) electrons. The molecule has 0 aliphatic carbocycles. The molecule has 7 nitrogen and oxygen atoms in total. The number of carboxylic acids is 1. The number of benzene rings is 2. The maximum absolute atomic E-state index is 12.8. The molecule has 0 fully saturated rings. The van der Waals surface area contributed by atoms with Crippen LogP contribution >= 0.6 is 11.6 Å². The fourth-order valence-corrected chi connectivity index (χ4v) is 3.36. The maximum atomic E-state index is 12.8. The molecule has 1 heterocycles. The number of pyridine rings is 1. The highest BCUT2D eigenvalue weighted by molar-refractivity contribution is 7.88. The Morgan fingerprint density at radius 3 is 2.33 bits per heavy atom. The van der Waals surface area contributed by atoms with Crippen LogP contribution in [-0.4, -0.2) is 30.0 Å². The van der Waals surface area contributed by atoms with E-state index in [0.29, 0.717) is 0 Å². The molecule has 3 aromatic rings. The van der Waals surface area contributed by atoms with E-state index in [1.165, 1.54) is 18.2 Å². The third-order valence-electron chi connectivity index (χ3n) is 4.34. The van der Waals surface area contributed by atoms with Gasteiger partial charge in [0.15, 0.2) is 5.75 Å². The highest BCUT2D eigenvalue weighted by Gasteiger charge is 2.49. The van der Waals surface area contributed by atoms with Gasteiger partial charge in [-0.25, -0.2) is 9.78 Å². The number of alkyl halides is 3. The molecule has 12 heteroatoms. The van der Waals surface area contributed by atoms with Crippen LogP contribution in [0.3, 0.4) is 0 Å². The number of aromatic nitrogens is 1. The van der Waals surface area contributed by atoms with Crippen molar-refractivity contribution >= 4 is 27.7 Å². The van der Waals surface area contributed by atoms with E-state index in [4.69, 9.17) is 16.3 Å². The summed E-state index contributed by atoms with van der Waals surface area (Å²) in [6.07, 6.45) is -0.474. The average molecular weight is 502 g/mol. The van der Waals surface area contributed by atoms with E-state index in [1.54, 1.807) is 19.1 Å². The lowest BCUT2D eigenvalue weighted by molar-refractivity contribution is -0.0500. The second kappa shape index (κ2) is 9.28. The highest BCUT2D eigenvalue weighted by Crippen LogP contribution is 2.38. The minimum Gasteiger partial charge on any atom is -0.484 e. The van der Waals surface area contributed by atoms with E-state index in [2.05, 4.69) is 9.17 Å². The minimum atomic E-state index is -6.03. The van der Waals surface area contributed by atoms with Gasteiger partial charge in [-0.05, 0) is 36.8 Å². The minimum absolute atomic E-state index is 0.0186. The fourth-order valence-electron chi connectivity index (χ4n) is 2.73. The van der Waals surface area contributed by atoms with Gasteiger partial charge in [0.25, 0.3) is 0 Å². The SMILES string of the molecule is CC(Oc1cc(-c2nc(C(=O)O)ccc2OS(=O)(=O)C(F)(F)F)ccc1Cl)c1ccccc1. The Hall–Kier alpha value is -3.31. The molecule has 0 aliphatic heterocycles. The Morgan fingerprint density at radius 2 is 1.73 bits per heavy atom. The Balaban J connectivity index is 2.06. The van der Waals surface area contributed by atoms with Crippen molar-refractivity contribution in [2.24, 2.45) is 0 Å². The molecule has 0 spiro atoms. The van der Waals surface area contributed by atoms with E-state index in [-0.39, 0.29) is 16.3 Å². The first kappa shape index (κ1) is 24.3. The maximum Gasteiger partial charge on any atom is 0.534 e. The molecule has 33 heavy (non-hydrogen) atoms. The molecule has 1 N–H and O–H groups in total. The van der Waals surface area contributed by atoms with Crippen LogP contribution in [0.1, 0.15) is 29.1 Å². The monoisotopic (exact) mass is 501 g/mol. The van der Waals surface area contributed by atoms with Crippen LogP contribution in [0.5, 0.6) is 11.5 Å². The van der Waals surface area contributed by atoms with Gasteiger partial charge in [-0.1, -0.05) is 48.0 Å². The van der Waals surface area contributed by atoms with Crippen LogP contribution < -0.4 is 8.92 Å². The van der Waals surface area contributed by atoms with Gasteiger partial charge in [0.1, 0.15) is 23.2 Å². The predicted octanol–water partition coefficient (Wildman–Crippen LogP) is 5.47. The lowest BCUT2D eigenvalue weighted by Gasteiger charge is -2.18. The first-order valence-electron chi connectivity index (χ1n) is 9.15. The first-order chi connectivity index (χ1) is 15.4. The van der Waals surface area contributed by atoms with E-state index in [9.17, 15) is 31.5 Å². The zero-order valence-corrected chi connectivity index (χ0v) is 18.3. The quantitative estimate of drug-likeness (QED) is 0.338. The largest absolute Gasteiger partial charge is 0.534 e. The van der Waals surface area contributed by atoms with Gasteiger partial charge in [0, 0.05) is 5.56 Å².